The van der Waals surface area contributed by atoms with Gasteiger partial charge in [0.2, 0.25) is 0 Å². The van der Waals surface area contributed by atoms with Crippen LogP contribution in [0.5, 0.6) is 0 Å². The fourth-order valence-corrected chi connectivity index (χ4v) is 1.92. The summed E-state index contributed by atoms with van der Waals surface area (Å²) in [5.41, 5.74) is 4.30. The van der Waals surface area contributed by atoms with E-state index in [0.29, 0.717) is 6.54 Å². The van der Waals surface area contributed by atoms with Gasteiger partial charge in [-0.25, -0.2) is 4.68 Å². The van der Waals surface area contributed by atoms with Crippen molar-refractivity contribution in [2.45, 2.75) is 19.9 Å². The van der Waals surface area contributed by atoms with Crippen LogP contribution in [0.2, 0.25) is 0 Å². The van der Waals surface area contributed by atoms with E-state index in [1.165, 1.54) is 0 Å². The zero-order valence-corrected chi connectivity index (χ0v) is 9.09. The van der Waals surface area contributed by atoms with Crippen LogP contribution >= 0.6 is 0 Å². The lowest BCUT2D eigenvalue weighted by atomic mass is 10.2. The van der Waals surface area contributed by atoms with Gasteiger partial charge in [0, 0.05) is 24.2 Å². The van der Waals surface area contributed by atoms with E-state index in [2.05, 4.69) is 22.0 Å². The summed E-state index contributed by atoms with van der Waals surface area (Å²) in [5.74, 6) is 0. The van der Waals surface area contributed by atoms with E-state index in [1.54, 1.807) is 0 Å². The summed E-state index contributed by atoms with van der Waals surface area (Å²) in [4.78, 5) is 8.53. The molecule has 3 heterocycles. The van der Waals surface area contributed by atoms with Crippen LogP contribution < -0.4 is 0 Å². The molecule has 0 saturated heterocycles. The molecule has 0 unspecified atom stereocenters. The fraction of sp³-hybridized carbons (Fsp3) is 0.250. The van der Waals surface area contributed by atoms with Gasteiger partial charge in [-0.1, -0.05) is 6.92 Å². The smallest absolute Gasteiger partial charge is 0.0930 e. The quantitative estimate of drug-likeness (QED) is 0.761. The van der Waals surface area contributed by atoms with E-state index in [0.717, 1.165) is 29.1 Å². The molecule has 0 aliphatic carbocycles. The molecule has 0 bridgehead atoms. The van der Waals surface area contributed by atoms with Crippen molar-refractivity contribution in [3.8, 4) is 5.69 Å². The van der Waals surface area contributed by atoms with Crippen molar-refractivity contribution in [2.24, 2.45) is 4.99 Å². The fourth-order valence-electron chi connectivity index (χ4n) is 1.92. The summed E-state index contributed by atoms with van der Waals surface area (Å²) in [6, 6.07) is 3.99. The molecule has 3 rings (SSSR count). The Morgan fingerprint density at radius 3 is 3.19 bits per heavy atom. The summed E-state index contributed by atoms with van der Waals surface area (Å²) in [6.45, 7) is 2.80. The summed E-state index contributed by atoms with van der Waals surface area (Å²) in [6.07, 6.45) is 6.62. The minimum atomic E-state index is 0.698. The molecule has 80 valence electrons. The van der Waals surface area contributed by atoms with Crippen LogP contribution in [0.1, 0.15) is 23.9 Å². The summed E-state index contributed by atoms with van der Waals surface area (Å²) in [7, 11) is 0. The minimum absolute atomic E-state index is 0.698. The van der Waals surface area contributed by atoms with Crippen LogP contribution in [-0.2, 0) is 13.0 Å². The molecule has 0 spiro atoms. The Kier molecular flexibility index (Phi) is 2.06. The highest BCUT2D eigenvalue weighted by molar-refractivity contribution is 5.83. The maximum atomic E-state index is 4.52. The first-order valence-electron chi connectivity index (χ1n) is 5.41. The van der Waals surface area contributed by atoms with Crippen molar-refractivity contribution in [1.29, 1.82) is 0 Å². The molecule has 0 radical (unpaired) electrons. The van der Waals surface area contributed by atoms with Gasteiger partial charge < -0.3 is 0 Å². The number of pyridine rings is 1. The molecular weight excluding hydrogens is 200 g/mol. The largest absolute Gasteiger partial charge is 0.286 e. The Morgan fingerprint density at radius 1 is 1.44 bits per heavy atom. The van der Waals surface area contributed by atoms with Gasteiger partial charge in [0.05, 0.1) is 23.6 Å². The predicted molar refractivity (Wildman–Crippen MR) is 62.0 cm³/mol. The van der Waals surface area contributed by atoms with Crippen LogP contribution in [0.3, 0.4) is 0 Å². The lowest BCUT2D eigenvalue weighted by Crippen LogP contribution is -2.02. The molecule has 4 heteroatoms. The van der Waals surface area contributed by atoms with Crippen molar-refractivity contribution in [1.82, 2.24) is 14.8 Å². The lowest BCUT2D eigenvalue weighted by molar-refractivity contribution is 0.814. The van der Waals surface area contributed by atoms with E-state index in [1.807, 2.05) is 35.4 Å². The van der Waals surface area contributed by atoms with Crippen LogP contribution in [0, 0.1) is 0 Å². The number of aryl methyl sites for hydroxylation is 1. The summed E-state index contributed by atoms with van der Waals surface area (Å²) < 4.78 is 1.90. The molecule has 2 aromatic rings. The molecule has 16 heavy (non-hydrogen) atoms. The highest BCUT2D eigenvalue weighted by Gasteiger charge is 2.13. The average molecular weight is 212 g/mol. The summed E-state index contributed by atoms with van der Waals surface area (Å²) in [5, 5.41) is 4.52. The van der Waals surface area contributed by atoms with E-state index < -0.39 is 0 Å². The van der Waals surface area contributed by atoms with Crippen LogP contribution in [0.15, 0.2) is 29.5 Å². The van der Waals surface area contributed by atoms with Gasteiger partial charge in [-0.05, 0) is 18.6 Å². The van der Waals surface area contributed by atoms with Gasteiger partial charge >= 0.3 is 0 Å². The molecule has 1 aliphatic rings. The van der Waals surface area contributed by atoms with Crippen LogP contribution in [-0.4, -0.2) is 21.0 Å². The maximum Gasteiger partial charge on any atom is 0.0930 e. The molecule has 0 atom stereocenters. The second-order valence-corrected chi connectivity index (χ2v) is 3.77. The lowest BCUT2D eigenvalue weighted by Gasteiger charge is -2.05. The second-order valence-electron chi connectivity index (χ2n) is 3.77. The first-order chi connectivity index (χ1) is 7.88. The first kappa shape index (κ1) is 9.27. The number of rotatable bonds is 2. The molecule has 2 aromatic heterocycles. The number of fused-ring (bicyclic) bond motifs is 1. The van der Waals surface area contributed by atoms with E-state index in [4.69, 9.17) is 0 Å². The molecule has 4 nitrogen and oxygen atoms in total. The van der Waals surface area contributed by atoms with Crippen molar-refractivity contribution in [2.75, 3.05) is 0 Å². The predicted octanol–water partition coefficient (Wildman–Crippen LogP) is 1.76. The SMILES string of the molecule is CCc1ncccc1-n1cc2c(n1)CN=C2. The van der Waals surface area contributed by atoms with Crippen molar-refractivity contribution in [3.05, 3.63) is 41.5 Å². The van der Waals surface area contributed by atoms with Gasteiger partial charge in [-0.15, -0.1) is 0 Å². The maximum absolute atomic E-state index is 4.52. The second kappa shape index (κ2) is 3.56. The van der Waals surface area contributed by atoms with Crippen molar-refractivity contribution < 1.29 is 0 Å². The number of aliphatic imine (C=N–C) groups is 1. The molecule has 1 aliphatic heterocycles. The average Bonchev–Trinajstić information content (AvgIpc) is 2.89. The number of hydrogen-bond acceptors (Lipinski definition) is 3. The Labute approximate surface area is 93.7 Å². The van der Waals surface area contributed by atoms with Gasteiger partial charge in [0.15, 0.2) is 0 Å². The Hall–Kier alpha value is -1.97. The minimum Gasteiger partial charge on any atom is -0.286 e. The Bertz CT molecular complexity index is 554. The third-order valence-electron chi connectivity index (χ3n) is 2.74. The zero-order chi connectivity index (χ0) is 11.0. The topological polar surface area (TPSA) is 43.1 Å². The van der Waals surface area contributed by atoms with Gasteiger partial charge in [0.25, 0.3) is 0 Å². The third-order valence-corrected chi connectivity index (χ3v) is 2.74. The molecule has 0 amide bonds. The third kappa shape index (κ3) is 1.34. The standard InChI is InChI=1S/C12H12N4/c1-2-10-12(4-3-5-14-10)16-8-9-6-13-7-11(9)15-16/h3-6,8H,2,7H2,1H3. The summed E-state index contributed by atoms with van der Waals surface area (Å²) >= 11 is 0. The van der Waals surface area contributed by atoms with Gasteiger partial charge in [-0.2, -0.15) is 5.10 Å². The van der Waals surface area contributed by atoms with Crippen molar-refractivity contribution >= 4 is 6.21 Å². The number of nitrogens with zero attached hydrogens (tertiary/aromatic N) is 4. The van der Waals surface area contributed by atoms with Crippen LogP contribution in [0.4, 0.5) is 0 Å². The number of hydrogen-bond donors (Lipinski definition) is 0. The van der Waals surface area contributed by atoms with E-state index >= 15 is 0 Å². The van der Waals surface area contributed by atoms with E-state index in [9.17, 15) is 0 Å². The normalized spacial score (nSPS) is 13.1. The molecule has 0 saturated carbocycles. The Morgan fingerprint density at radius 2 is 2.38 bits per heavy atom. The molecule has 0 N–H and O–H groups in total. The highest BCUT2D eigenvalue weighted by atomic mass is 15.3. The van der Waals surface area contributed by atoms with E-state index in [-0.39, 0.29) is 0 Å². The van der Waals surface area contributed by atoms with Crippen molar-refractivity contribution in [3.63, 3.8) is 0 Å². The highest BCUT2D eigenvalue weighted by Crippen LogP contribution is 2.17. The van der Waals surface area contributed by atoms with Crippen LogP contribution in [0.25, 0.3) is 5.69 Å². The molecular formula is C12H12N4. The monoisotopic (exact) mass is 212 g/mol. The Balaban J connectivity index is 2.11. The first-order valence-corrected chi connectivity index (χ1v) is 5.41. The van der Waals surface area contributed by atoms with Gasteiger partial charge in [-0.3, -0.25) is 9.98 Å². The molecule has 0 fully saturated rings. The number of aromatic nitrogens is 3. The zero-order valence-electron chi connectivity index (χ0n) is 9.09. The molecule has 0 aromatic carbocycles. The van der Waals surface area contributed by atoms with Gasteiger partial charge in [0.1, 0.15) is 0 Å².